The second-order valence-electron chi connectivity index (χ2n) is 7.04. The maximum absolute atomic E-state index is 12.3. The van der Waals surface area contributed by atoms with E-state index in [9.17, 15) is 4.79 Å². The van der Waals surface area contributed by atoms with Crippen LogP contribution >= 0.6 is 0 Å². The average molecular weight is 337 g/mol. The summed E-state index contributed by atoms with van der Waals surface area (Å²) >= 11 is 0. The predicted octanol–water partition coefficient (Wildman–Crippen LogP) is 4.44. The Bertz CT molecular complexity index is 767. The summed E-state index contributed by atoms with van der Waals surface area (Å²) in [6.07, 6.45) is 4.60. The summed E-state index contributed by atoms with van der Waals surface area (Å²) in [5.41, 5.74) is 6.20. The first-order valence-corrected chi connectivity index (χ1v) is 9.14. The maximum atomic E-state index is 12.3. The number of fused-ring (bicyclic) bond motifs is 1. The monoisotopic (exact) mass is 337 g/mol. The van der Waals surface area contributed by atoms with E-state index in [-0.39, 0.29) is 18.6 Å². The second-order valence-corrected chi connectivity index (χ2v) is 7.04. The number of aryl methyl sites for hydroxylation is 3. The smallest absolute Gasteiger partial charge is 0.258 e. The lowest BCUT2D eigenvalue weighted by Crippen LogP contribution is -2.31. The summed E-state index contributed by atoms with van der Waals surface area (Å²) in [4.78, 5) is 12.3. The van der Waals surface area contributed by atoms with Crippen molar-refractivity contribution in [3.05, 3.63) is 64.2 Å². The molecule has 3 heteroatoms. The van der Waals surface area contributed by atoms with Gasteiger partial charge in [-0.1, -0.05) is 35.9 Å². The average Bonchev–Trinajstić information content (AvgIpc) is 2.61. The van der Waals surface area contributed by atoms with Crippen LogP contribution in [0.1, 0.15) is 53.6 Å². The van der Waals surface area contributed by atoms with E-state index in [1.54, 1.807) is 0 Å². The minimum Gasteiger partial charge on any atom is -0.483 e. The Morgan fingerprint density at radius 2 is 1.96 bits per heavy atom. The predicted molar refractivity (Wildman–Crippen MR) is 101 cm³/mol. The zero-order chi connectivity index (χ0) is 17.8. The highest BCUT2D eigenvalue weighted by molar-refractivity contribution is 5.78. The van der Waals surface area contributed by atoms with Crippen molar-refractivity contribution in [1.29, 1.82) is 0 Å². The van der Waals surface area contributed by atoms with Crippen LogP contribution in [0.4, 0.5) is 0 Å². The highest BCUT2D eigenvalue weighted by Gasteiger charge is 2.16. The Balaban J connectivity index is 1.61. The second kappa shape index (κ2) is 7.73. The number of rotatable bonds is 5. The maximum Gasteiger partial charge on any atom is 0.258 e. The SMILES string of the molecule is Cc1ccc(C)c([C@@H](C)NC(=O)COc2cccc3c2CCCC3)c1. The lowest BCUT2D eigenvalue weighted by Gasteiger charge is -2.20. The molecule has 1 atom stereocenters. The summed E-state index contributed by atoms with van der Waals surface area (Å²) in [7, 11) is 0. The van der Waals surface area contributed by atoms with Crippen LogP contribution in [-0.4, -0.2) is 12.5 Å². The molecule has 0 aromatic heterocycles. The molecule has 2 aromatic rings. The molecule has 1 aliphatic rings. The van der Waals surface area contributed by atoms with Crippen LogP contribution < -0.4 is 10.1 Å². The zero-order valence-electron chi connectivity index (χ0n) is 15.4. The van der Waals surface area contributed by atoms with Crippen molar-refractivity contribution in [3.63, 3.8) is 0 Å². The highest BCUT2D eigenvalue weighted by atomic mass is 16.5. The normalized spacial score (nSPS) is 14.5. The standard InChI is InChI=1S/C22H27NO2/c1-15-11-12-16(2)20(13-15)17(3)23-22(24)14-25-21-10-6-8-18-7-4-5-9-19(18)21/h6,8,10-13,17H,4-5,7,9,14H2,1-3H3,(H,23,24)/t17-/m1/s1. The van der Waals surface area contributed by atoms with Crippen molar-refractivity contribution >= 4 is 5.91 Å². The number of benzene rings is 2. The molecule has 0 aliphatic heterocycles. The van der Waals surface area contributed by atoms with E-state index in [2.05, 4.69) is 43.4 Å². The number of carbonyl (C=O) groups excluding carboxylic acids is 1. The molecule has 0 fully saturated rings. The molecule has 1 amide bonds. The summed E-state index contributed by atoms with van der Waals surface area (Å²) < 4.78 is 5.84. The molecule has 0 saturated carbocycles. The van der Waals surface area contributed by atoms with Crippen LogP contribution in [0.2, 0.25) is 0 Å². The lowest BCUT2D eigenvalue weighted by molar-refractivity contribution is -0.123. The number of carbonyl (C=O) groups is 1. The van der Waals surface area contributed by atoms with Gasteiger partial charge in [0.15, 0.2) is 6.61 Å². The summed E-state index contributed by atoms with van der Waals surface area (Å²) in [5.74, 6) is 0.786. The molecule has 25 heavy (non-hydrogen) atoms. The molecule has 0 radical (unpaired) electrons. The lowest BCUT2D eigenvalue weighted by atomic mass is 9.91. The van der Waals surface area contributed by atoms with Crippen molar-refractivity contribution < 1.29 is 9.53 Å². The number of hydrogen-bond donors (Lipinski definition) is 1. The first-order valence-electron chi connectivity index (χ1n) is 9.14. The van der Waals surface area contributed by atoms with Gasteiger partial charge in [0.25, 0.3) is 5.91 Å². The van der Waals surface area contributed by atoms with E-state index in [4.69, 9.17) is 4.74 Å². The summed E-state index contributed by atoms with van der Waals surface area (Å²) in [6.45, 7) is 6.22. The minimum atomic E-state index is -0.0816. The van der Waals surface area contributed by atoms with Gasteiger partial charge in [-0.05, 0) is 74.8 Å². The number of hydrogen-bond acceptors (Lipinski definition) is 2. The van der Waals surface area contributed by atoms with Crippen LogP contribution in [0, 0.1) is 13.8 Å². The molecule has 0 heterocycles. The van der Waals surface area contributed by atoms with Crippen molar-refractivity contribution in [2.75, 3.05) is 6.61 Å². The number of amides is 1. The van der Waals surface area contributed by atoms with Crippen molar-refractivity contribution in [3.8, 4) is 5.75 Å². The Labute approximate surface area is 150 Å². The molecule has 3 rings (SSSR count). The quantitative estimate of drug-likeness (QED) is 0.876. The van der Waals surface area contributed by atoms with E-state index in [0.717, 1.165) is 24.2 Å². The molecule has 132 valence electrons. The van der Waals surface area contributed by atoms with E-state index in [1.807, 2.05) is 19.1 Å². The fourth-order valence-electron chi connectivity index (χ4n) is 3.61. The molecule has 1 N–H and O–H groups in total. The summed E-state index contributed by atoms with van der Waals surface area (Å²) in [6, 6.07) is 12.5. The van der Waals surface area contributed by atoms with E-state index >= 15 is 0 Å². The van der Waals surface area contributed by atoms with Gasteiger partial charge in [-0.15, -0.1) is 0 Å². The zero-order valence-corrected chi connectivity index (χ0v) is 15.4. The van der Waals surface area contributed by atoms with Crippen molar-refractivity contribution in [2.24, 2.45) is 0 Å². The highest BCUT2D eigenvalue weighted by Crippen LogP contribution is 2.29. The molecule has 0 spiro atoms. The van der Waals surface area contributed by atoms with Crippen LogP contribution in [-0.2, 0) is 17.6 Å². The molecule has 3 nitrogen and oxygen atoms in total. The first-order chi connectivity index (χ1) is 12.0. The topological polar surface area (TPSA) is 38.3 Å². The Hall–Kier alpha value is -2.29. The number of ether oxygens (including phenoxy) is 1. The van der Waals surface area contributed by atoms with E-state index < -0.39 is 0 Å². The fraction of sp³-hybridized carbons (Fsp3) is 0.409. The third-order valence-electron chi connectivity index (χ3n) is 4.99. The van der Waals surface area contributed by atoms with Crippen molar-refractivity contribution in [2.45, 2.75) is 52.5 Å². The van der Waals surface area contributed by atoms with Gasteiger partial charge in [-0.3, -0.25) is 4.79 Å². The van der Waals surface area contributed by atoms with Crippen LogP contribution in [0.5, 0.6) is 5.75 Å². The van der Waals surface area contributed by atoms with Gasteiger partial charge < -0.3 is 10.1 Å². The van der Waals surface area contributed by atoms with Gasteiger partial charge in [0, 0.05) is 0 Å². The largest absolute Gasteiger partial charge is 0.483 e. The van der Waals surface area contributed by atoms with Crippen LogP contribution in [0.15, 0.2) is 36.4 Å². The van der Waals surface area contributed by atoms with Gasteiger partial charge >= 0.3 is 0 Å². The first kappa shape index (κ1) is 17.5. The van der Waals surface area contributed by atoms with Gasteiger partial charge in [0.05, 0.1) is 6.04 Å². The van der Waals surface area contributed by atoms with Gasteiger partial charge in [0.2, 0.25) is 0 Å². The molecule has 0 unspecified atom stereocenters. The summed E-state index contributed by atoms with van der Waals surface area (Å²) in [5, 5.41) is 3.05. The molecular weight excluding hydrogens is 310 g/mol. The molecule has 0 bridgehead atoms. The fourth-order valence-corrected chi connectivity index (χ4v) is 3.61. The Morgan fingerprint density at radius 1 is 1.16 bits per heavy atom. The third kappa shape index (κ3) is 4.22. The van der Waals surface area contributed by atoms with Crippen LogP contribution in [0.3, 0.4) is 0 Å². The van der Waals surface area contributed by atoms with Crippen LogP contribution in [0.25, 0.3) is 0 Å². The third-order valence-corrected chi connectivity index (χ3v) is 4.99. The molecule has 0 saturated heterocycles. The van der Waals surface area contributed by atoms with Gasteiger partial charge in [-0.25, -0.2) is 0 Å². The Kier molecular flexibility index (Phi) is 5.42. The van der Waals surface area contributed by atoms with Crippen molar-refractivity contribution in [1.82, 2.24) is 5.32 Å². The van der Waals surface area contributed by atoms with E-state index in [1.165, 1.54) is 35.1 Å². The van der Waals surface area contributed by atoms with Gasteiger partial charge in [0.1, 0.15) is 5.75 Å². The van der Waals surface area contributed by atoms with Gasteiger partial charge in [-0.2, -0.15) is 0 Å². The minimum absolute atomic E-state index is 0.0271. The molecule has 1 aliphatic carbocycles. The molecular formula is C22H27NO2. The number of nitrogens with one attached hydrogen (secondary N) is 1. The van der Waals surface area contributed by atoms with E-state index in [0.29, 0.717) is 0 Å². The molecule has 2 aromatic carbocycles. The Morgan fingerprint density at radius 3 is 2.80 bits per heavy atom.